The molecule has 0 aromatic heterocycles. The van der Waals surface area contributed by atoms with E-state index in [9.17, 15) is 18.0 Å². The highest BCUT2D eigenvalue weighted by Crippen LogP contribution is 2.18. The average molecular weight is 437 g/mol. The second-order valence-electron chi connectivity index (χ2n) is 6.27. The van der Waals surface area contributed by atoms with E-state index in [2.05, 4.69) is 5.32 Å². The molecule has 0 fully saturated rings. The number of nitrogens with two attached hydrogens (primary N) is 1. The van der Waals surface area contributed by atoms with E-state index >= 15 is 0 Å². The third-order valence-corrected chi connectivity index (χ3v) is 5.90. The van der Waals surface area contributed by atoms with Gasteiger partial charge in [-0.1, -0.05) is 30.3 Å². The van der Waals surface area contributed by atoms with Crippen molar-refractivity contribution in [3.8, 4) is 0 Å². The van der Waals surface area contributed by atoms with Crippen molar-refractivity contribution in [1.29, 1.82) is 0 Å². The Kier molecular flexibility index (Phi) is 8.69. The molecule has 0 spiro atoms. The van der Waals surface area contributed by atoms with Crippen molar-refractivity contribution in [2.45, 2.75) is 35.7 Å². The third kappa shape index (κ3) is 8.26. The first-order valence-corrected chi connectivity index (χ1v) is 11.6. The molecule has 3 N–H and O–H groups in total. The molecule has 0 saturated carbocycles. The van der Waals surface area contributed by atoms with Crippen LogP contribution < -0.4 is 10.5 Å². The number of amides is 1. The topological polar surface area (TPSA) is 116 Å². The van der Waals surface area contributed by atoms with Crippen LogP contribution in [-0.2, 0) is 30.8 Å². The molecule has 7 nitrogen and oxygen atoms in total. The van der Waals surface area contributed by atoms with E-state index in [1.54, 1.807) is 23.9 Å². The number of ether oxygens (including phenoxy) is 1. The van der Waals surface area contributed by atoms with E-state index < -0.39 is 22.1 Å². The third-order valence-electron chi connectivity index (χ3n) is 3.96. The van der Waals surface area contributed by atoms with Gasteiger partial charge in [-0.15, -0.1) is 11.8 Å². The highest BCUT2D eigenvalue weighted by molar-refractivity contribution is 7.99. The van der Waals surface area contributed by atoms with E-state index in [-0.39, 0.29) is 17.2 Å². The van der Waals surface area contributed by atoms with Gasteiger partial charge >= 0.3 is 5.97 Å². The number of hydrogen-bond acceptors (Lipinski definition) is 6. The van der Waals surface area contributed by atoms with E-state index in [1.807, 2.05) is 30.3 Å². The summed E-state index contributed by atoms with van der Waals surface area (Å²) >= 11 is 1.55. The first kappa shape index (κ1) is 22.9. The molecule has 0 bridgehead atoms. The zero-order chi connectivity index (χ0) is 21.3. The molecule has 0 saturated heterocycles. The molecule has 0 aliphatic heterocycles. The lowest BCUT2D eigenvalue weighted by Crippen LogP contribution is -2.37. The van der Waals surface area contributed by atoms with Crippen LogP contribution in [0.2, 0.25) is 0 Å². The van der Waals surface area contributed by atoms with Gasteiger partial charge in [-0.2, -0.15) is 0 Å². The lowest BCUT2D eigenvalue weighted by molar-refractivity contribution is -0.154. The molecule has 0 aliphatic rings. The Balaban J connectivity index is 1.67. The van der Waals surface area contributed by atoms with Crippen molar-refractivity contribution >= 4 is 33.7 Å². The minimum atomic E-state index is -3.72. The van der Waals surface area contributed by atoms with Gasteiger partial charge in [-0.3, -0.25) is 9.59 Å². The van der Waals surface area contributed by atoms with Crippen LogP contribution >= 0.6 is 11.8 Å². The summed E-state index contributed by atoms with van der Waals surface area (Å²) in [5, 5.41) is 7.75. The monoisotopic (exact) mass is 436 g/mol. The average Bonchev–Trinajstić information content (AvgIpc) is 2.68. The fourth-order valence-electron chi connectivity index (χ4n) is 2.40. The highest BCUT2D eigenvalue weighted by atomic mass is 32.2. The molecule has 2 aromatic rings. The van der Waals surface area contributed by atoms with Crippen LogP contribution in [0.25, 0.3) is 0 Å². The molecule has 9 heteroatoms. The number of rotatable bonds is 10. The van der Waals surface area contributed by atoms with Gasteiger partial charge in [0.05, 0.1) is 11.3 Å². The molecule has 2 aromatic carbocycles. The zero-order valence-electron chi connectivity index (χ0n) is 16.0. The maximum absolute atomic E-state index is 12.1. The lowest BCUT2D eigenvalue weighted by atomic mass is 10.1. The van der Waals surface area contributed by atoms with Crippen LogP contribution in [0, 0.1) is 0 Å². The van der Waals surface area contributed by atoms with Gasteiger partial charge < -0.3 is 10.1 Å². The molecule has 0 heterocycles. The van der Waals surface area contributed by atoms with Crippen molar-refractivity contribution in [2.24, 2.45) is 5.14 Å². The molecule has 0 aliphatic carbocycles. The van der Waals surface area contributed by atoms with Crippen molar-refractivity contribution in [3.63, 3.8) is 0 Å². The Morgan fingerprint density at radius 3 is 2.38 bits per heavy atom. The van der Waals surface area contributed by atoms with Crippen LogP contribution in [-0.4, -0.2) is 38.7 Å². The number of sulfonamides is 1. The van der Waals surface area contributed by atoms with Gasteiger partial charge in [0.1, 0.15) is 0 Å². The summed E-state index contributed by atoms with van der Waals surface area (Å²) < 4.78 is 27.6. The first-order chi connectivity index (χ1) is 13.8. The Labute approximate surface area is 175 Å². The van der Waals surface area contributed by atoms with Crippen LogP contribution in [0.1, 0.15) is 18.9 Å². The van der Waals surface area contributed by atoms with Gasteiger partial charge in [-0.05, 0) is 43.2 Å². The number of thioether (sulfide) groups is 1. The normalized spacial score (nSPS) is 12.2. The molecule has 1 unspecified atom stereocenters. The van der Waals surface area contributed by atoms with Crippen molar-refractivity contribution in [2.75, 3.05) is 12.3 Å². The van der Waals surface area contributed by atoms with E-state index in [4.69, 9.17) is 9.88 Å². The minimum Gasteiger partial charge on any atom is -0.453 e. The van der Waals surface area contributed by atoms with Gasteiger partial charge in [-0.25, -0.2) is 13.6 Å². The number of hydrogen-bond donors (Lipinski definition) is 2. The molecular formula is C20H24N2O5S2. The Morgan fingerprint density at radius 2 is 1.76 bits per heavy atom. The second-order valence-corrected chi connectivity index (χ2v) is 9.00. The number of nitrogens with one attached hydrogen (secondary N) is 1. The fraction of sp³-hybridized carbons (Fsp3) is 0.300. The van der Waals surface area contributed by atoms with Gasteiger partial charge in [0.25, 0.3) is 5.91 Å². The number of primary sulfonamides is 1. The van der Waals surface area contributed by atoms with E-state index in [0.29, 0.717) is 18.7 Å². The molecule has 2 rings (SSSR count). The second kappa shape index (κ2) is 11.0. The van der Waals surface area contributed by atoms with Gasteiger partial charge in [0.2, 0.25) is 10.0 Å². The molecular weight excluding hydrogens is 412 g/mol. The van der Waals surface area contributed by atoms with Gasteiger partial charge in [0.15, 0.2) is 6.10 Å². The van der Waals surface area contributed by atoms with Crippen LogP contribution in [0.15, 0.2) is 64.4 Å². The summed E-state index contributed by atoms with van der Waals surface area (Å²) in [5.41, 5.74) is 0.847. The van der Waals surface area contributed by atoms with Crippen molar-refractivity contribution < 1.29 is 22.7 Å². The molecule has 1 amide bonds. The molecule has 156 valence electrons. The number of esters is 1. The summed E-state index contributed by atoms with van der Waals surface area (Å²) in [7, 11) is -3.72. The van der Waals surface area contributed by atoms with Crippen LogP contribution in [0.5, 0.6) is 0 Å². The maximum atomic E-state index is 12.1. The fourth-order valence-corrected chi connectivity index (χ4v) is 3.77. The first-order valence-electron chi connectivity index (χ1n) is 9.02. The SMILES string of the molecule is CC(OC(=O)CCSc1ccccc1)C(=O)NCCc1ccc(S(N)(=O)=O)cc1. The van der Waals surface area contributed by atoms with Gasteiger partial charge in [0, 0.05) is 17.2 Å². The summed E-state index contributed by atoms with van der Waals surface area (Å²) in [4.78, 5) is 25.1. The van der Waals surface area contributed by atoms with E-state index in [0.717, 1.165) is 10.5 Å². The largest absolute Gasteiger partial charge is 0.453 e. The summed E-state index contributed by atoms with van der Waals surface area (Å²) in [6, 6.07) is 15.8. The standard InChI is InChI=1S/C20H24N2O5S2/c1-15(27-19(23)12-14-28-17-5-3-2-4-6-17)20(24)22-13-11-16-7-9-18(10-8-16)29(21,25)26/h2-10,15H,11-14H2,1H3,(H,22,24)(H2,21,25,26). The quantitative estimate of drug-likeness (QED) is 0.435. The zero-order valence-corrected chi connectivity index (χ0v) is 17.7. The summed E-state index contributed by atoms with van der Waals surface area (Å²) in [5.74, 6) is -0.226. The van der Waals surface area contributed by atoms with E-state index in [1.165, 1.54) is 19.1 Å². The molecule has 29 heavy (non-hydrogen) atoms. The Hall–Kier alpha value is -2.36. The van der Waals surface area contributed by atoms with Crippen molar-refractivity contribution in [1.82, 2.24) is 5.32 Å². The predicted molar refractivity (Wildman–Crippen MR) is 112 cm³/mol. The van der Waals surface area contributed by atoms with Crippen LogP contribution in [0.4, 0.5) is 0 Å². The summed E-state index contributed by atoms with van der Waals surface area (Å²) in [6.45, 7) is 1.86. The minimum absolute atomic E-state index is 0.0382. The number of benzene rings is 2. The number of carbonyl (C=O) groups is 2. The number of carbonyl (C=O) groups excluding carboxylic acids is 2. The lowest BCUT2D eigenvalue weighted by Gasteiger charge is -2.13. The highest BCUT2D eigenvalue weighted by Gasteiger charge is 2.17. The summed E-state index contributed by atoms with van der Waals surface area (Å²) in [6.07, 6.45) is -0.160. The Morgan fingerprint density at radius 1 is 1.10 bits per heavy atom. The van der Waals surface area contributed by atoms with Crippen molar-refractivity contribution in [3.05, 3.63) is 60.2 Å². The maximum Gasteiger partial charge on any atom is 0.307 e. The molecule has 0 radical (unpaired) electrons. The molecule has 1 atom stereocenters. The Bertz CT molecular complexity index is 916. The smallest absolute Gasteiger partial charge is 0.307 e. The predicted octanol–water partition coefficient (Wildman–Crippen LogP) is 2.11. The van der Waals surface area contributed by atoms with Crippen LogP contribution in [0.3, 0.4) is 0 Å².